The van der Waals surface area contributed by atoms with Crippen molar-refractivity contribution in [2.24, 2.45) is 0 Å². The van der Waals surface area contributed by atoms with Crippen molar-refractivity contribution in [2.75, 3.05) is 0 Å². The van der Waals surface area contributed by atoms with Crippen LogP contribution in [0, 0.1) is 30.9 Å². The Hall–Kier alpha value is -1.91. The molecule has 0 saturated heterocycles. The summed E-state index contributed by atoms with van der Waals surface area (Å²) in [4.78, 5) is 20.9. The van der Waals surface area contributed by atoms with Crippen LogP contribution in [-0.2, 0) is 0 Å². The highest BCUT2D eigenvalue weighted by molar-refractivity contribution is 5.91. The van der Waals surface area contributed by atoms with Crippen molar-refractivity contribution in [3.05, 3.63) is 38.4 Å². The fourth-order valence-electron chi connectivity index (χ4n) is 1.44. The second-order valence-electron chi connectivity index (χ2n) is 3.38. The number of hydrogen-bond acceptors (Lipinski definition) is 3. The molecule has 0 fully saturated rings. The van der Waals surface area contributed by atoms with Gasteiger partial charge in [-0.15, -0.1) is 0 Å². The minimum Gasteiger partial charge on any atom is -0.478 e. The van der Waals surface area contributed by atoms with Gasteiger partial charge in [0.2, 0.25) is 0 Å². The molecule has 0 saturated carbocycles. The van der Waals surface area contributed by atoms with E-state index in [0.717, 1.165) is 6.07 Å². The fraction of sp³-hybridized carbons (Fsp3) is 0.300. The topological polar surface area (TPSA) is 80.4 Å². The number of carbonyl (C=O) groups is 1. The molecule has 0 atom stereocenters. The van der Waals surface area contributed by atoms with E-state index in [1.165, 1.54) is 0 Å². The molecule has 0 spiro atoms. The standard InChI is InChI=1S/C10H11NO4/c1-5-6(2)8(10(12)13)4-9(7(5)3)11(14)15/h4H,1-3H3,(H,12,13). The zero-order valence-electron chi connectivity index (χ0n) is 8.70. The normalized spacial score (nSPS) is 10.1. The van der Waals surface area contributed by atoms with Gasteiger partial charge in [-0.25, -0.2) is 4.79 Å². The predicted octanol–water partition coefficient (Wildman–Crippen LogP) is 2.22. The van der Waals surface area contributed by atoms with Crippen molar-refractivity contribution in [3.8, 4) is 0 Å². The first-order chi connectivity index (χ1) is 6.86. The van der Waals surface area contributed by atoms with E-state index in [2.05, 4.69) is 0 Å². The fourth-order valence-corrected chi connectivity index (χ4v) is 1.44. The van der Waals surface area contributed by atoms with Gasteiger partial charge >= 0.3 is 5.97 Å². The van der Waals surface area contributed by atoms with Gasteiger partial charge in [-0.05, 0) is 31.9 Å². The number of rotatable bonds is 2. The van der Waals surface area contributed by atoms with Gasteiger partial charge in [0.05, 0.1) is 10.5 Å². The average molecular weight is 209 g/mol. The van der Waals surface area contributed by atoms with E-state index in [4.69, 9.17) is 5.11 Å². The highest BCUT2D eigenvalue weighted by Gasteiger charge is 2.20. The second-order valence-corrected chi connectivity index (χ2v) is 3.38. The largest absolute Gasteiger partial charge is 0.478 e. The number of carboxylic acid groups (broad SMARTS) is 1. The van der Waals surface area contributed by atoms with Crippen LogP contribution in [-0.4, -0.2) is 16.0 Å². The Bertz CT molecular complexity index is 413. The Labute approximate surface area is 86.5 Å². The van der Waals surface area contributed by atoms with Gasteiger partial charge in [-0.2, -0.15) is 0 Å². The molecule has 1 rings (SSSR count). The predicted molar refractivity (Wildman–Crippen MR) is 54.3 cm³/mol. The van der Waals surface area contributed by atoms with E-state index in [-0.39, 0.29) is 11.3 Å². The Morgan fingerprint density at radius 3 is 2.20 bits per heavy atom. The summed E-state index contributed by atoms with van der Waals surface area (Å²) < 4.78 is 0. The Morgan fingerprint density at radius 2 is 1.80 bits per heavy atom. The number of nitro benzene ring substituents is 1. The van der Waals surface area contributed by atoms with Gasteiger partial charge in [-0.1, -0.05) is 0 Å². The maximum absolute atomic E-state index is 10.8. The van der Waals surface area contributed by atoms with E-state index in [9.17, 15) is 14.9 Å². The molecule has 0 heterocycles. The van der Waals surface area contributed by atoms with Crippen LogP contribution in [0.25, 0.3) is 0 Å². The molecule has 0 aliphatic carbocycles. The highest BCUT2D eigenvalue weighted by atomic mass is 16.6. The number of nitro groups is 1. The maximum Gasteiger partial charge on any atom is 0.336 e. The number of carboxylic acids is 1. The van der Waals surface area contributed by atoms with Crippen LogP contribution in [0.5, 0.6) is 0 Å². The minimum atomic E-state index is -1.14. The summed E-state index contributed by atoms with van der Waals surface area (Å²) >= 11 is 0. The molecule has 0 aliphatic heterocycles. The summed E-state index contributed by atoms with van der Waals surface area (Å²) in [6, 6.07) is 1.11. The highest BCUT2D eigenvalue weighted by Crippen LogP contribution is 2.27. The molecule has 0 bridgehead atoms. The van der Waals surface area contributed by atoms with Crippen molar-refractivity contribution < 1.29 is 14.8 Å². The van der Waals surface area contributed by atoms with Crippen LogP contribution < -0.4 is 0 Å². The zero-order valence-corrected chi connectivity index (χ0v) is 8.70. The van der Waals surface area contributed by atoms with E-state index >= 15 is 0 Å². The van der Waals surface area contributed by atoms with E-state index < -0.39 is 10.9 Å². The smallest absolute Gasteiger partial charge is 0.336 e. The molecule has 15 heavy (non-hydrogen) atoms. The first-order valence-electron chi connectivity index (χ1n) is 4.34. The quantitative estimate of drug-likeness (QED) is 0.598. The first kappa shape index (κ1) is 11.2. The molecular formula is C10H11NO4. The first-order valence-corrected chi connectivity index (χ1v) is 4.34. The van der Waals surface area contributed by atoms with Crippen molar-refractivity contribution in [1.29, 1.82) is 0 Å². The molecule has 0 radical (unpaired) electrons. The SMILES string of the molecule is Cc1c(C(=O)O)cc([N+](=O)[O-])c(C)c1C. The number of hydrogen-bond donors (Lipinski definition) is 1. The van der Waals surface area contributed by atoms with Gasteiger partial charge in [0.1, 0.15) is 0 Å². The Balaban J connectivity index is 3.59. The van der Waals surface area contributed by atoms with Crippen LogP contribution >= 0.6 is 0 Å². The molecule has 0 amide bonds. The van der Waals surface area contributed by atoms with E-state index in [1.54, 1.807) is 20.8 Å². The monoisotopic (exact) mass is 209 g/mol. The van der Waals surface area contributed by atoms with Gasteiger partial charge in [0, 0.05) is 11.6 Å². The van der Waals surface area contributed by atoms with Gasteiger partial charge < -0.3 is 5.11 Å². The molecular weight excluding hydrogens is 198 g/mol. The van der Waals surface area contributed by atoms with Crippen LogP contribution in [0.1, 0.15) is 27.0 Å². The lowest BCUT2D eigenvalue weighted by atomic mass is 9.97. The van der Waals surface area contributed by atoms with Crippen molar-refractivity contribution in [3.63, 3.8) is 0 Å². The second kappa shape index (κ2) is 3.68. The lowest BCUT2D eigenvalue weighted by molar-refractivity contribution is -0.385. The summed E-state index contributed by atoms with van der Waals surface area (Å²) in [7, 11) is 0. The number of nitrogens with zero attached hydrogens (tertiary/aromatic N) is 1. The number of benzene rings is 1. The molecule has 0 aromatic heterocycles. The van der Waals surface area contributed by atoms with Gasteiger partial charge in [-0.3, -0.25) is 10.1 Å². The summed E-state index contributed by atoms with van der Waals surface area (Å²) in [5.41, 5.74) is 1.59. The van der Waals surface area contributed by atoms with Crippen LogP contribution in [0.2, 0.25) is 0 Å². The molecule has 80 valence electrons. The summed E-state index contributed by atoms with van der Waals surface area (Å²) in [5, 5.41) is 19.5. The van der Waals surface area contributed by atoms with Crippen LogP contribution in [0.3, 0.4) is 0 Å². The van der Waals surface area contributed by atoms with E-state index in [1.807, 2.05) is 0 Å². The average Bonchev–Trinajstić information content (AvgIpc) is 2.13. The molecule has 1 aromatic rings. The van der Waals surface area contributed by atoms with E-state index in [0.29, 0.717) is 16.7 Å². The summed E-state index contributed by atoms with van der Waals surface area (Å²) in [6.45, 7) is 4.95. The van der Waals surface area contributed by atoms with Crippen molar-refractivity contribution in [1.82, 2.24) is 0 Å². The van der Waals surface area contributed by atoms with Crippen LogP contribution in [0.15, 0.2) is 6.07 Å². The molecule has 1 N–H and O–H groups in total. The third-order valence-electron chi connectivity index (χ3n) is 2.62. The molecule has 1 aromatic carbocycles. The third-order valence-corrected chi connectivity index (χ3v) is 2.62. The van der Waals surface area contributed by atoms with Gasteiger partial charge in [0.25, 0.3) is 5.69 Å². The zero-order chi connectivity index (χ0) is 11.7. The summed E-state index contributed by atoms with van der Waals surface area (Å²) in [5.74, 6) is -1.14. The minimum absolute atomic E-state index is 0.00944. The third kappa shape index (κ3) is 1.81. The molecule has 5 heteroatoms. The van der Waals surface area contributed by atoms with Crippen LogP contribution in [0.4, 0.5) is 5.69 Å². The lowest BCUT2D eigenvalue weighted by Crippen LogP contribution is -2.05. The molecule has 5 nitrogen and oxygen atoms in total. The van der Waals surface area contributed by atoms with Crippen molar-refractivity contribution >= 4 is 11.7 Å². The van der Waals surface area contributed by atoms with Gasteiger partial charge in [0.15, 0.2) is 0 Å². The number of aromatic carboxylic acids is 1. The Morgan fingerprint density at radius 1 is 1.27 bits per heavy atom. The summed E-state index contributed by atoms with van der Waals surface area (Å²) in [6.07, 6.45) is 0. The lowest BCUT2D eigenvalue weighted by Gasteiger charge is -2.08. The molecule has 0 aliphatic rings. The molecule has 0 unspecified atom stereocenters. The maximum atomic E-state index is 10.8. The Kier molecular flexibility index (Phi) is 2.74. The van der Waals surface area contributed by atoms with Crippen molar-refractivity contribution in [2.45, 2.75) is 20.8 Å².